The molecule has 6 nitrogen and oxygen atoms in total. The highest BCUT2D eigenvalue weighted by Crippen LogP contribution is 2.30. The molecule has 0 unspecified atom stereocenters. The van der Waals surface area contributed by atoms with Crippen molar-refractivity contribution in [3.05, 3.63) is 71.9 Å². The second-order valence-corrected chi connectivity index (χ2v) is 8.24. The molecule has 0 fully saturated rings. The number of hydrogen-bond donors (Lipinski definition) is 1. The fraction of sp³-hybridized carbons (Fsp3) is 0.130. The van der Waals surface area contributed by atoms with Gasteiger partial charge in [-0.2, -0.15) is 5.10 Å². The highest BCUT2D eigenvalue weighted by atomic mass is 32.1. The summed E-state index contributed by atoms with van der Waals surface area (Å²) in [5, 5.41) is 11.2. The SMILES string of the molecule is CC(C)n1ncc2c(C(=O)Nc3cccc4cccnc34)cc(-c3cccs3)nc21. The molecular weight excluding hydrogens is 394 g/mol. The van der Waals surface area contributed by atoms with Gasteiger partial charge in [0.05, 0.1) is 38.9 Å². The van der Waals surface area contributed by atoms with Crippen LogP contribution < -0.4 is 5.32 Å². The van der Waals surface area contributed by atoms with Gasteiger partial charge in [0.1, 0.15) is 0 Å². The molecule has 30 heavy (non-hydrogen) atoms. The number of nitrogens with zero attached hydrogens (tertiary/aromatic N) is 4. The minimum atomic E-state index is -0.207. The van der Waals surface area contributed by atoms with Crippen molar-refractivity contribution in [1.29, 1.82) is 0 Å². The Morgan fingerprint density at radius 3 is 2.80 bits per heavy atom. The third-order valence-corrected chi connectivity index (χ3v) is 5.85. The molecule has 0 aliphatic heterocycles. The number of anilines is 1. The molecule has 4 aromatic heterocycles. The van der Waals surface area contributed by atoms with Gasteiger partial charge in [-0.05, 0) is 43.5 Å². The van der Waals surface area contributed by atoms with E-state index in [9.17, 15) is 4.79 Å². The predicted molar refractivity (Wildman–Crippen MR) is 121 cm³/mol. The maximum atomic E-state index is 13.4. The Hall–Kier alpha value is -3.58. The van der Waals surface area contributed by atoms with Crippen molar-refractivity contribution in [2.24, 2.45) is 0 Å². The fourth-order valence-corrected chi connectivity index (χ4v) is 4.22. The molecule has 4 heterocycles. The molecule has 1 N–H and O–H groups in total. The second kappa shape index (κ2) is 7.35. The standard InChI is InChI=1S/C23H19N5OS/c1-14(2)28-22-17(13-25-28)16(12-19(26-22)20-9-5-11-30-20)23(29)27-18-8-3-6-15-7-4-10-24-21(15)18/h3-14H,1-2H3,(H,27,29). The van der Waals surface area contributed by atoms with Crippen LogP contribution >= 0.6 is 11.3 Å². The van der Waals surface area contributed by atoms with Crippen LogP contribution in [0.2, 0.25) is 0 Å². The zero-order chi connectivity index (χ0) is 20.7. The summed E-state index contributed by atoms with van der Waals surface area (Å²) >= 11 is 1.59. The van der Waals surface area contributed by atoms with E-state index >= 15 is 0 Å². The van der Waals surface area contributed by atoms with Gasteiger partial charge in [-0.3, -0.25) is 9.78 Å². The highest BCUT2D eigenvalue weighted by molar-refractivity contribution is 7.13. The molecule has 0 atom stereocenters. The number of benzene rings is 1. The summed E-state index contributed by atoms with van der Waals surface area (Å²) in [6, 6.07) is 15.6. The number of aromatic nitrogens is 4. The molecule has 0 aliphatic rings. The third kappa shape index (κ3) is 3.13. The van der Waals surface area contributed by atoms with Crippen molar-refractivity contribution < 1.29 is 4.79 Å². The van der Waals surface area contributed by atoms with Gasteiger partial charge in [-0.15, -0.1) is 11.3 Å². The molecule has 0 saturated carbocycles. The Bertz CT molecular complexity index is 1370. The van der Waals surface area contributed by atoms with Gasteiger partial charge in [0.15, 0.2) is 5.65 Å². The summed E-state index contributed by atoms with van der Waals surface area (Å²) in [6.45, 7) is 4.10. The molecule has 148 valence electrons. The number of fused-ring (bicyclic) bond motifs is 2. The van der Waals surface area contributed by atoms with Crippen molar-refractivity contribution >= 4 is 44.9 Å². The summed E-state index contributed by atoms with van der Waals surface area (Å²) < 4.78 is 1.85. The molecule has 1 amide bonds. The summed E-state index contributed by atoms with van der Waals surface area (Å²) in [5.74, 6) is -0.207. The number of hydrogen-bond acceptors (Lipinski definition) is 5. The zero-order valence-electron chi connectivity index (χ0n) is 16.5. The Kier molecular flexibility index (Phi) is 4.52. The van der Waals surface area contributed by atoms with Crippen LogP contribution in [-0.2, 0) is 0 Å². The van der Waals surface area contributed by atoms with Gasteiger partial charge in [-0.1, -0.05) is 24.3 Å². The molecule has 0 saturated heterocycles. The lowest BCUT2D eigenvalue weighted by Gasteiger charge is -2.11. The van der Waals surface area contributed by atoms with E-state index in [0.29, 0.717) is 16.9 Å². The minimum absolute atomic E-state index is 0.131. The normalized spacial score (nSPS) is 11.4. The monoisotopic (exact) mass is 413 g/mol. The second-order valence-electron chi connectivity index (χ2n) is 7.29. The maximum absolute atomic E-state index is 13.4. The van der Waals surface area contributed by atoms with Crippen molar-refractivity contribution in [2.45, 2.75) is 19.9 Å². The van der Waals surface area contributed by atoms with Gasteiger partial charge in [0, 0.05) is 17.6 Å². The van der Waals surface area contributed by atoms with E-state index < -0.39 is 0 Å². The molecule has 5 rings (SSSR count). The average Bonchev–Trinajstić information content (AvgIpc) is 3.43. The quantitative estimate of drug-likeness (QED) is 0.420. The first kappa shape index (κ1) is 18.4. The summed E-state index contributed by atoms with van der Waals surface area (Å²) in [5.41, 5.74) is 3.45. The number of thiophene rings is 1. The van der Waals surface area contributed by atoms with Gasteiger partial charge < -0.3 is 5.32 Å². The Labute approximate surface area is 177 Å². The lowest BCUT2D eigenvalue weighted by atomic mass is 10.1. The largest absolute Gasteiger partial charge is 0.320 e. The molecule has 5 aromatic rings. The van der Waals surface area contributed by atoms with Gasteiger partial charge >= 0.3 is 0 Å². The Balaban J connectivity index is 1.64. The number of rotatable bonds is 4. The van der Waals surface area contributed by atoms with Crippen LogP contribution in [-0.4, -0.2) is 25.7 Å². The molecule has 0 spiro atoms. The molecular formula is C23H19N5OS. The lowest BCUT2D eigenvalue weighted by Crippen LogP contribution is -2.14. The molecule has 7 heteroatoms. The molecule has 1 aromatic carbocycles. The van der Waals surface area contributed by atoms with Crippen LogP contribution in [0.1, 0.15) is 30.2 Å². The van der Waals surface area contributed by atoms with Gasteiger partial charge in [0.2, 0.25) is 0 Å². The number of nitrogens with one attached hydrogen (secondary N) is 1. The van der Waals surface area contributed by atoms with Crippen LogP contribution in [0.4, 0.5) is 5.69 Å². The zero-order valence-corrected chi connectivity index (χ0v) is 17.4. The number of amides is 1. The maximum Gasteiger partial charge on any atom is 0.256 e. The van der Waals surface area contributed by atoms with Crippen molar-refractivity contribution in [2.75, 3.05) is 5.32 Å². The van der Waals surface area contributed by atoms with Crippen LogP contribution in [0.15, 0.2) is 66.3 Å². The first-order chi connectivity index (χ1) is 14.6. The smallest absolute Gasteiger partial charge is 0.256 e. The predicted octanol–water partition coefficient (Wildman–Crippen LogP) is 5.54. The minimum Gasteiger partial charge on any atom is -0.320 e. The van der Waals surface area contributed by atoms with E-state index in [-0.39, 0.29) is 11.9 Å². The topological polar surface area (TPSA) is 72.7 Å². The fourth-order valence-electron chi connectivity index (χ4n) is 3.53. The number of para-hydroxylation sites is 1. The van der Waals surface area contributed by atoms with E-state index in [2.05, 4.69) is 15.4 Å². The molecule has 0 aliphatic carbocycles. The van der Waals surface area contributed by atoms with Gasteiger partial charge in [0.25, 0.3) is 5.91 Å². The first-order valence-electron chi connectivity index (χ1n) is 9.69. The van der Waals surface area contributed by atoms with Crippen LogP contribution in [0.3, 0.4) is 0 Å². The average molecular weight is 414 g/mol. The lowest BCUT2D eigenvalue weighted by molar-refractivity contribution is 0.102. The van der Waals surface area contributed by atoms with Crippen LogP contribution in [0.25, 0.3) is 32.5 Å². The number of carbonyl (C=O) groups excluding carboxylic acids is 1. The Morgan fingerprint density at radius 1 is 1.13 bits per heavy atom. The Morgan fingerprint density at radius 2 is 2.00 bits per heavy atom. The van der Waals surface area contributed by atoms with Crippen LogP contribution in [0, 0.1) is 0 Å². The first-order valence-corrected chi connectivity index (χ1v) is 10.6. The number of pyridine rings is 2. The van der Waals surface area contributed by atoms with Crippen LogP contribution in [0.5, 0.6) is 0 Å². The third-order valence-electron chi connectivity index (χ3n) is 4.96. The van der Waals surface area contributed by atoms with Crippen molar-refractivity contribution in [1.82, 2.24) is 19.7 Å². The summed E-state index contributed by atoms with van der Waals surface area (Å²) in [6.07, 6.45) is 3.45. The summed E-state index contributed by atoms with van der Waals surface area (Å²) in [4.78, 5) is 23.6. The summed E-state index contributed by atoms with van der Waals surface area (Å²) in [7, 11) is 0. The van der Waals surface area contributed by atoms with E-state index in [0.717, 1.165) is 26.9 Å². The van der Waals surface area contributed by atoms with Crippen molar-refractivity contribution in [3.8, 4) is 10.6 Å². The molecule has 0 bridgehead atoms. The van der Waals surface area contributed by atoms with E-state index in [4.69, 9.17) is 4.98 Å². The van der Waals surface area contributed by atoms with Crippen molar-refractivity contribution in [3.63, 3.8) is 0 Å². The van der Waals surface area contributed by atoms with E-state index in [1.165, 1.54) is 0 Å². The number of carbonyl (C=O) groups is 1. The van der Waals surface area contributed by atoms with E-state index in [1.54, 1.807) is 23.7 Å². The van der Waals surface area contributed by atoms with Gasteiger partial charge in [-0.25, -0.2) is 9.67 Å². The highest BCUT2D eigenvalue weighted by Gasteiger charge is 2.19. The van der Waals surface area contributed by atoms with E-state index in [1.807, 2.05) is 72.4 Å². The molecule has 0 radical (unpaired) electrons.